The van der Waals surface area contributed by atoms with Crippen molar-refractivity contribution >= 4 is 50.5 Å². The van der Waals surface area contributed by atoms with E-state index in [1.807, 2.05) is 12.1 Å². The standard InChI is InChI=1S/C20H20Cl3NO4S/c1-13(28-19-7-6-15(21)10-18(19)23)20(25)24(16-8-9-29(26,27)12-16)11-14-4-2-3-5-17(14)22/h2-7,10,13,16H,8-9,11-12H2,1H3/t13-,16+/m0/s1. The largest absolute Gasteiger partial charge is 0.479 e. The number of hydrogen-bond donors (Lipinski definition) is 0. The fourth-order valence-electron chi connectivity index (χ4n) is 3.26. The van der Waals surface area contributed by atoms with E-state index >= 15 is 0 Å². The molecule has 0 aliphatic carbocycles. The lowest BCUT2D eigenvalue weighted by molar-refractivity contribution is -0.140. The molecule has 2 aromatic carbocycles. The molecule has 1 heterocycles. The quantitative estimate of drug-likeness (QED) is 0.610. The number of amides is 1. The molecule has 2 atom stereocenters. The van der Waals surface area contributed by atoms with E-state index in [0.29, 0.717) is 27.2 Å². The Bertz CT molecular complexity index is 1010. The summed E-state index contributed by atoms with van der Waals surface area (Å²) in [5, 5.41) is 1.26. The van der Waals surface area contributed by atoms with Crippen LogP contribution in [0, 0.1) is 0 Å². The van der Waals surface area contributed by atoms with Crippen molar-refractivity contribution in [1.82, 2.24) is 4.90 Å². The van der Waals surface area contributed by atoms with Crippen molar-refractivity contribution in [2.75, 3.05) is 11.5 Å². The fraction of sp³-hybridized carbons (Fsp3) is 0.350. The van der Waals surface area contributed by atoms with Crippen LogP contribution >= 0.6 is 34.8 Å². The van der Waals surface area contributed by atoms with Gasteiger partial charge in [0.2, 0.25) is 0 Å². The van der Waals surface area contributed by atoms with Crippen molar-refractivity contribution in [3.05, 3.63) is 63.1 Å². The molecule has 1 fully saturated rings. The average molecular weight is 477 g/mol. The summed E-state index contributed by atoms with van der Waals surface area (Å²) >= 11 is 18.3. The number of sulfone groups is 1. The number of rotatable bonds is 6. The van der Waals surface area contributed by atoms with Crippen molar-refractivity contribution in [2.45, 2.75) is 32.0 Å². The van der Waals surface area contributed by atoms with Gasteiger partial charge in [-0.25, -0.2) is 8.42 Å². The van der Waals surface area contributed by atoms with Gasteiger partial charge in [-0.05, 0) is 43.2 Å². The molecule has 156 valence electrons. The zero-order valence-corrected chi connectivity index (χ0v) is 18.7. The van der Waals surface area contributed by atoms with Gasteiger partial charge in [0.1, 0.15) is 5.75 Å². The number of carbonyl (C=O) groups is 1. The van der Waals surface area contributed by atoms with Crippen molar-refractivity contribution in [2.24, 2.45) is 0 Å². The van der Waals surface area contributed by atoms with Crippen LogP contribution in [-0.2, 0) is 21.2 Å². The van der Waals surface area contributed by atoms with Crippen molar-refractivity contribution < 1.29 is 17.9 Å². The Kier molecular flexibility index (Phi) is 6.99. The normalized spacial score (nSPS) is 19.0. The van der Waals surface area contributed by atoms with E-state index in [-0.39, 0.29) is 24.0 Å². The van der Waals surface area contributed by atoms with Crippen LogP contribution in [0.3, 0.4) is 0 Å². The first kappa shape index (κ1) is 22.2. The van der Waals surface area contributed by atoms with E-state index in [0.717, 1.165) is 5.56 Å². The number of ether oxygens (including phenoxy) is 1. The number of halogens is 3. The zero-order valence-electron chi connectivity index (χ0n) is 15.6. The van der Waals surface area contributed by atoms with E-state index in [1.54, 1.807) is 36.1 Å². The molecular weight excluding hydrogens is 457 g/mol. The van der Waals surface area contributed by atoms with Gasteiger partial charge in [0, 0.05) is 22.6 Å². The summed E-state index contributed by atoms with van der Waals surface area (Å²) in [5.74, 6) is -0.0217. The Morgan fingerprint density at radius 1 is 1.17 bits per heavy atom. The van der Waals surface area contributed by atoms with Gasteiger partial charge < -0.3 is 9.64 Å². The molecule has 0 spiro atoms. The maximum absolute atomic E-state index is 13.2. The summed E-state index contributed by atoms with van der Waals surface area (Å²) < 4.78 is 29.8. The maximum atomic E-state index is 13.2. The van der Waals surface area contributed by atoms with Gasteiger partial charge in [0.05, 0.1) is 16.5 Å². The average Bonchev–Trinajstić information content (AvgIpc) is 3.02. The summed E-state index contributed by atoms with van der Waals surface area (Å²) in [6.45, 7) is 1.80. The summed E-state index contributed by atoms with van der Waals surface area (Å²) in [4.78, 5) is 14.8. The van der Waals surface area contributed by atoms with Gasteiger partial charge in [-0.15, -0.1) is 0 Å². The molecule has 0 aromatic heterocycles. The van der Waals surface area contributed by atoms with Gasteiger partial charge in [-0.2, -0.15) is 0 Å². The predicted molar refractivity (Wildman–Crippen MR) is 116 cm³/mol. The van der Waals surface area contributed by atoms with Crippen LogP contribution in [0.5, 0.6) is 5.75 Å². The molecule has 1 saturated heterocycles. The van der Waals surface area contributed by atoms with Crippen LogP contribution in [0.15, 0.2) is 42.5 Å². The number of hydrogen-bond acceptors (Lipinski definition) is 4. The second-order valence-electron chi connectivity index (χ2n) is 6.95. The third kappa shape index (κ3) is 5.57. The molecule has 29 heavy (non-hydrogen) atoms. The number of nitrogens with zero attached hydrogens (tertiary/aromatic N) is 1. The van der Waals surface area contributed by atoms with Crippen LogP contribution in [0.25, 0.3) is 0 Å². The smallest absolute Gasteiger partial charge is 0.263 e. The van der Waals surface area contributed by atoms with E-state index < -0.39 is 22.0 Å². The Morgan fingerprint density at radius 2 is 1.90 bits per heavy atom. The van der Waals surface area contributed by atoms with Crippen LogP contribution < -0.4 is 4.74 Å². The minimum absolute atomic E-state index is 0.0578. The molecule has 9 heteroatoms. The molecular formula is C20H20Cl3NO4S. The van der Waals surface area contributed by atoms with Crippen molar-refractivity contribution in [1.29, 1.82) is 0 Å². The second kappa shape index (κ2) is 9.13. The molecule has 2 aromatic rings. The van der Waals surface area contributed by atoms with E-state index in [9.17, 15) is 13.2 Å². The van der Waals surface area contributed by atoms with Gasteiger partial charge >= 0.3 is 0 Å². The van der Waals surface area contributed by atoms with Crippen LogP contribution in [0.2, 0.25) is 15.1 Å². The summed E-state index contributed by atoms with van der Waals surface area (Å²) in [7, 11) is -3.18. The third-order valence-corrected chi connectivity index (χ3v) is 7.43. The van der Waals surface area contributed by atoms with Crippen LogP contribution in [-0.4, -0.2) is 42.9 Å². The van der Waals surface area contributed by atoms with E-state index in [2.05, 4.69) is 0 Å². The summed E-state index contributed by atoms with van der Waals surface area (Å²) in [5.41, 5.74) is 0.739. The minimum Gasteiger partial charge on any atom is -0.479 e. The molecule has 1 aliphatic rings. The lowest BCUT2D eigenvalue weighted by Crippen LogP contribution is -2.46. The number of benzene rings is 2. The monoisotopic (exact) mass is 475 g/mol. The molecule has 3 rings (SSSR count). The second-order valence-corrected chi connectivity index (χ2v) is 10.4. The molecule has 0 N–H and O–H groups in total. The van der Waals surface area contributed by atoms with Gasteiger partial charge in [-0.1, -0.05) is 53.0 Å². The highest BCUT2D eigenvalue weighted by atomic mass is 35.5. The summed E-state index contributed by atoms with van der Waals surface area (Å²) in [6.07, 6.45) is -0.494. The Hall–Kier alpha value is -1.47. The molecule has 0 unspecified atom stereocenters. The first-order valence-corrected chi connectivity index (χ1v) is 12.0. The van der Waals surface area contributed by atoms with Crippen molar-refractivity contribution in [3.8, 4) is 5.75 Å². The Balaban J connectivity index is 1.84. The Labute approximate surface area is 185 Å². The van der Waals surface area contributed by atoms with Crippen LogP contribution in [0.1, 0.15) is 18.9 Å². The first-order valence-electron chi connectivity index (χ1n) is 9.02. The molecule has 0 saturated carbocycles. The van der Waals surface area contributed by atoms with Gasteiger partial charge in [-0.3, -0.25) is 4.79 Å². The maximum Gasteiger partial charge on any atom is 0.263 e. The highest BCUT2D eigenvalue weighted by Crippen LogP contribution is 2.29. The van der Waals surface area contributed by atoms with Crippen LogP contribution in [0.4, 0.5) is 0 Å². The zero-order chi connectivity index (χ0) is 21.2. The topological polar surface area (TPSA) is 63.7 Å². The lowest BCUT2D eigenvalue weighted by Gasteiger charge is -2.31. The van der Waals surface area contributed by atoms with Crippen molar-refractivity contribution in [3.63, 3.8) is 0 Å². The summed E-state index contributed by atoms with van der Waals surface area (Å²) in [6, 6.07) is 11.5. The fourth-order valence-corrected chi connectivity index (χ4v) is 5.64. The highest BCUT2D eigenvalue weighted by molar-refractivity contribution is 7.91. The highest BCUT2D eigenvalue weighted by Gasteiger charge is 2.37. The van der Waals surface area contributed by atoms with Gasteiger partial charge in [0.15, 0.2) is 15.9 Å². The predicted octanol–water partition coefficient (Wildman–Crippen LogP) is 4.63. The lowest BCUT2D eigenvalue weighted by atomic mass is 10.1. The molecule has 1 amide bonds. The molecule has 1 aliphatic heterocycles. The molecule has 5 nitrogen and oxygen atoms in total. The van der Waals surface area contributed by atoms with E-state index in [4.69, 9.17) is 39.5 Å². The Morgan fingerprint density at radius 3 is 2.52 bits per heavy atom. The number of carbonyl (C=O) groups excluding carboxylic acids is 1. The molecule has 0 radical (unpaired) electrons. The van der Waals surface area contributed by atoms with E-state index in [1.165, 1.54) is 6.07 Å². The SMILES string of the molecule is C[C@H](Oc1ccc(Cl)cc1Cl)C(=O)N(Cc1ccccc1Cl)[C@@H]1CCS(=O)(=O)C1. The first-order chi connectivity index (χ1) is 13.7. The molecule has 0 bridgehead atoms. The third-order valence-electron chi connectivity index (χ3n) is 4.78. The minimum atomic E-state index is -3.18. The van der Waals surface area contributed by atoms with Gasteiger partial charge in [0.25, 0.3) is 5.91 Å².